The summed E-state index contributed by atoms with van der Waals surface area (Å²) in [6, 6.07) is 7.48. The molecule has 0 aliphatic carbocycles. The number of likely N-dealkylation sites (tertiary alicyclic amines) is 1. The number of Topliss-reactive ketones (excluding diaryl/α,β-unsaturated/α-hetero) is 1. The van der Waals surface area contributed by atoms with Crippen molar-refractivity contribution in [2.75, 3.05) is 19.7 Å². The predicted molar refractivity (Wildman–Crippen MR) is 76.8 cm³/mol. The van der Waals surface area contributed by atoms with E-state index >= 15 is 0 Å². The highest BCUT2D eigenvalue weighted by Crippen LogP contribution is 2.25. The maximum Gasteiger partial charge on any atom is 0.182 e. The Hall–Kier alpha value is -1.35. The topological polar surface area (TPSA) is 29.5 Å². The quantitative estimate of drug-likeness (QED) is 0.763. The summed E-state index contributed by atoms with van der Waals surface area (Å²) >= 11 is 0. The summed E-state index contributed by atoms with van der Waals surface area (Å²) in [6.45, 7) is 8.70. The molecule has 0 amide bonds. The number of ether oxygens (including phenoxy) is 1. The molecule has 1 aliphatic rings. The number of carbonyl (C=O) groups is 1. The van der Waals surface area contributed by atoms with Gasteiger partial charge in [0.25, 0.3) is 0 Å². The molecule has 1 fully saturated rings. The van der Waals surface area contributed by atoms with E-state index in [1.165, 1.54) is 12.8 Å². The summed E-state index contributed by atoms with van der Waals surface area (Å²) in [5.41, 5.74) is 0.351. The molecule has 1 heterocycles. The summed E-state index contributed by atoms with van der Waals surface area (Å²) in [5.74, 6) is 1.01. The number of hydrogen-bond donors (Lipinski definition) is 0. The minimum atomic E-state index is -0.413. The Morgan fingerprint density at radius 2 is 1.79 bits per heavy atom. The Labute approximate surface area is 115 Å². The van der Waals surface area contributed by atoms with E-state index in [4.69, 9.17) is 4.74 Å². The smallest absolute Gasteiger partial charge is 0.182 e. The molecule has 3 heteroatoms. The zero-order valence-electron chi connectivity index (χ0n) is 12.1. The third kappa shape index (κ3) is 2.98. The molecule has 0 unspecified atom stereocenters. The molecule has 1 aromatic carbocycles. The predicted octanol–water partition coefficient (Wildman–Crippen LogP) is 3.14. The average Bonchev–Trinajstić information content (AvgIpc) is 2.94. The van der Waals surface area contributed by atoms with Gasteiger partial charge in [0.15, 0.2) is 5.78 Å². The molecule has 1 aliphatic heterocycles. The number of ketones is 1. The van der Waals surface area contributed by atoms with Gasteiger partial charge in [0.05, 0.1) is 12.1 Å². The lowest BCUT2D eigenvalue weighted by Gasteiger charge is -2.33. The van der Waals surface area contributed by atoms with E-state index in [1.54, 1.807) is 0 Å². The van der Waals surface area contributed by atoms with Crippen LogP contribution in [0.5, 0.6) is 5.75 Å². The molecule has 1 aromatic rings. The molecular weight excluding hydrogens is 238 g/mol. The molecule has 3 nitrogen and oxygen atoms in total. The van der Waals surface area contributed by atoms with Crippen LogP contribution < -0.4 is 4.74 Å². The first kappa shape index (κ1) is 14.1. The van der Waals surface area contributed by atoms with Crippen LogP contribution in [0.1, 0.15) is 44.0 Å². The lowest BCUT2D eigenvalue weighted by molar-refractivity contribution is 0.0702. The monoisotopic (exact) mass is 261 g/mol. The van der Waals surface area contributed by atoms with Gasteiger partial charge in [0, 0.05) is 5.56 Å². The summed E-state index contributed by atoms with van der Waals surface area (Å²) in [4.78, 5) is 14.9. The Morgan fingerprint density at radius 1 is 1.21 bits per heavy atom. The second-order valence-electron chi connectivity index (χ2n) is 5.54. The number of rotatable bonds is 5. The van der Waals surface area contributed by atoms with Gasteiger partial charge in [0.1, 0.15) is 5.75 Å². The second-order valence-corrected chi connectivity index (χ2v) is 5.54. The fraction of sp³-hybridized carbons (Fsp3) is 0.562. The molecule has 0 bridgehead atoms. The molecule has 19 heavy (non-hydrogen) atoms. The number of nitrogens with zero attached hydrogens (tertiary/aromatic N) is 1. The zero-order chi connectivity index (χ0) is 13.9. The van der Waals surface area contributed by atoms with Crippen LogP contribution in [0.4, 0.5) is 0 Å². The number of benzene rings is 1. The van der Waals surface area contributed by atoms with E-state index in [0.717, 1.165) is 24.4 Å². The van der Waals surface area contributed by atoms with E-state index < -0.39 is 5.54 Å². The van der Waals surface area contributed by atoms with Crippen LogP contribution in [0.2, 0.25) is 0 Å². The van der Waals surface area contributed by atoms with Gasteiger partial charge in [-0.1, -0.05) is 0 Å². The molecule has 2 rings (SSSR count). The minimum Gasteiger partial charge on any atom is -0.494 e. The van der Waals surface area contributed by atoms with Gasteiger partial charge in [-0.15, -0.1) is 0 Å². The first-order chi connectivity index (χ1) is 9.05. The molecule has 1 saturated heterocycles. The third-order valence-corrected chi connectivity index (χ3v) is 3.88. The Balaban J connectivity index is 2.13. The van der Waals surface area contributed by atoms with Crippen molar-refractivity contribution in [3.63, 3.8) is 0 Å². The molecule has 0 spiro atoms. The van der Waals surface area contributed by atoms with Crippen molar-refractivity contribution in [2.45, 2.75) is 39.2 Å². The highest BCUT2D eigenvalue weighted by atomic mass is 16.5. The molecule has 0 N–H and O–H groups in total. The number of carbonyl (C=O) groups excluding carboxylic acids is 1. The van der Waals surface area contributed by atoms with Crippen LogP contribution in [0, 0.1) is 0 Å². The summed E-state index contributed by atoms with van der Waals surface area (Å²) in [5, 5.41) is 0. The van der Waals surface area contributed by atoms with Gasteiger partial charge >= 0.3 is 0 Å². The Morgan fingerprint density at radius 3 is 2.32 bits per heavy atom. The summed E-state index contributed by atoms with van der Waals surface area (Å²) < 4.78 is 5.40. The molecule has 104 valence electrons. The van der Waals surface area contributed by atoms with Gasteiger partial charge in [-0.05, 0) is 71.0 Å². The zero-order valence-corrected chi connectivity index (χ0v) is 12.1. The standard InChI is InChI=1S/C16H23NO2/c1-4-19-14-9-7-13(8-10-14)15(18)16(2,3)17-11-5-6-12-17/h7-10H,4-6,11-12H2,1-3H3. The third-order valence-electron chi connectivity index (χ3n) is 3.88. The van der Waals surface area contributed by atoms with Gasteiger partial charge in [-0.25, -0.2) is 0 Å². The van der Waals surface area contributed by atoms with E-state index in [-0.39, 0.29) is 5.78 Å². The van der Waals surface area contributed by atoms with Crippen molar-refractivity contribution in [1.29, 1.82) is 0 Å². The molecule has 0 saturated carbocycles. The molecular formula is C16H23NO2. The SMILES string of the molecule is CCOc1ccc(C(=O)C(C)(C)N2CCCC2)cc1. The van der Waals surface area contributed by atoms with Crippen molar-refractivity contribution in [3.05, 3.63) is 29.8 Å². The largest absolute Gasteiger partial charge is 0.494 e. The van der Waals surface area contributed by atoms with Crippen molar-refractivity contribution in [3.8, 4) is 5.75 Å². The van der Waals surface area contributed by atoms with Crippen molar-refractivity contribution in [2.24, 2.45) is 0 Å². The molecule has 0 aromatic heterocycles. The van der Waals surface area contributed by atoms with E-state index in [0.29, 0.717) is 6.61 Å². The van der Waals surface area contributed by atoms with Crippen molar-refractivity contribution < 1.29 is 9.53 Å². The lowest BCUT2D eigenvalue weighted by Crippen LogP contribution is -2.48. The van der Waals surface area contributed by atoms with Crippen LogP contribution in [0.15, 0.2) is 24.3 Å². The van der Waals surface area contributed by atoms with Crippen LogP contribution in [0.3, 0.4) is 0 Å². The highest BCUT2D eigenvalue weighted by molar-refractivity contribution is 6.02. The normalized spacial score (nSPS) is 16.6. The molecule has 0 atom stereocenters. The maximum absolute atomic E-state index is 12.6. The highest BCUT2D eigenvalue weighted by Gasteiger charge is 2.36. The first-order valence-electron chi connectivity index (χ1n) is 7.08. The minimum absolute atomic E-state index is 0.192. The first-order valence-corrected chi connectivity index (χ1v) is 7.08. The van der Waals surface area contributed by atoms with E-state index in [9.17, 15) is 4.79 Å². The average molecular weight is 261 g/mol. The Kier molecular flexibility index (Phi) is 4.25. The second kappa shape index (κ2) is 5.74. The summed E-state index contributed by atoms with van der Waals surface area (Å²) in [6.07, 6.45) is 2.39. The fourth-order valence-electron chi connectivity index (χ4n) is 2.64. The van der Waals surface area contributed by atoms with E-state index in [1.807, 2.05) is 45.0 Å². The lowest BCUT2D eigenvalue weighted by atomic mass is 9.91. The van der Waals surface area contributed by atoms with Gasteiger partial charge in [-0.2, -0.15) is 0 Å². The Bertz CT molecular complexity index is 431. The van der Waals surface area contributed by atoms with Gasteiger partial charge in [0.2, 0.25) is 0 Å². The van der Waals surface area contributed by atoms with Crippen molar-refractivity contribution >= 4 is 5.78 Å². The maximum atomic E-state index is 12.6. The van der Waals surface area contributed by atoms with Gasteiger partial charge in [-0.3, -0.25) is 9.69 Å². The van der Waals surface area contributed by atoms with Gasteiger partial charge < -0.3 is 4.74 Å². The van der Waals surface area contributed by atoms with Crippen LogP contribution in [-0.4, -0.2) is 35.9 Å². The van der Waals surface area contributed by atoms with Crippen LogP contribution in [-0.2, 0) is 0 Å². The summed E-state index contributed by atoms with van der Waals surface area (Å²) in [7, 11) is 0. The van der Waals surface area contributed by atoms with Crippen molar-refractivity contribution in [1.82, 2.24) is 4.90 Å². The number of hydrogen-bond acceptors (Lipinski definition) is 3. The van der Waals surface area contributed by atoms with Crippen LogP contribution >= 0.6 is 0 Å². The fourth-order valence-corrected chi connectivity index (χ4v) is 2.64. The molecule has 0 radical (unpaired) electrons. The van der Waals surface area contributed by atoms with E-state index in [2.05, 4.69) is 4.90 Å². The van der Waals surface area contributed by atoms with Crippen LogP contribution in [0.25, 0.3) is 0 Å².